The molecule has 2 saturated heterocycles. The van der Waals surface area contributed by atoms with Crippen LogP contribution in [0.25, 0.3) is 0 Å². The second-order valence-electron chi connectivity index (χ2n) is 10.8. The summed E-state index contributed by atoms with van der Waals surface area (Å²) in [5, 5.41) is 0. The first-order valence-electron chi connectivity index (χ1n) is 13.4. The first kappa shape index (κ1) is 27.4. The summed E-state index contributed by atoms with van der Waals surface area (Å²) >= 11 is 0. The molecule has 0 atom stereocenters. The standard InChI is InChI=1S/C27H43N3O5S/c1-20-17-25(34-4)18-21(2)27(20)36(32,33)28(3)15-16-35-19-26(31)30-13-9-23(10-14-30)22-7-11-29(12-8-22)24-5-6-24/h17-18,22-24H,5-16,19H2,1-4H3. The number of likely N-dealkylation sites (tertiary alicyclic amines) is 2. The van der Waals surface area contributed by atoms with Crippen LogP contribution in [0.4, 0.5) is 0 Å². The molecular formula is C27H43N3O5S. The molecule has 9 heteroatoms. The van der Waals surface area contributed by atoms with Crippen LogP contribution in [0.2, 0.25) is 0 Å². The number of carbonyl (C=O) groups excluding carboxylic acids is 1. The molecule has 3 fully saturated rings. The Labute approximate surface area is 217 Å². The number of hydrogen-bond donors (Lipinski definition) is 0. The molecule has 8 nitrogen and oxygen atoms in total. The predicted molar refractivity (Wildman–Crippen MR) is 140 cm³/mol. The number of benzene rings is 1. The average molecular weight is 522 g/mol. The number of ether oxygens (including phenoxy) is 2. The molecule has 0 radical (unpaired) electrons. The van der Waals surface area contributed by atoms with Crippen molar-refractivity contribution in [3.05, 3.63) is 23.3 Å². The average Bonchev–Trinajstić information content (AvgIpc) is 3.71. The highest BCUT2D eigenvalue weighted by atomic mass is 32.2. The quantitative estimate of drug-likeness (QED) is 0.441. The summed E-state index contributed by atoms with van der Waals surface area (Å²) in [5.74, 6) is 2.19. The Balaban J connectivity index is 1.17. The number of amides is 1. The van der Waals surface area contributed by atoms with Gasteiger partial charge in [0, 0.05) is 32.7 Å². The van der Waals surface area contributed by atoms with Crippen LogP contribution >= 0.6 is 0 Å². The fourth-order valence-electron chi connectivity index (χ4n) is 5.97. The topological polar surface area (TPSA) is 79.4 Å². The van der Waals surface area contributed by atoms with Crippen molar-refractivity contribution in [3.63, 3.8) is 0 Å². The maximum Gasteiger partial charge on any atom is 0.248 e. The van der Waals surface area contributed by atoms with Crippen molar-refractivity contribution >= 4 is 15.9 Å². The third kappa shape index (κ3) is 6.41. The van der Waals surface area contributed by atoms with E-state index in [1.165, 1.54) is 43.1 Å². The van der Waals surface area contributed by atoms with Gasteiger partial charge in [0.1, 0.15) is 12.4 Å². The summed E-state index contributed by atoms with van der Waals surface area (Å²) in [5.41, 5.74) is 1.29. The Bertz CT molecular complexity index is 987. The molecule has 0 N–H and O–H groups in total. The largest absolute Gasteiger partial charge is 0.497 e. The number of methoxy groups -OCH3 is 1. The number of hydrogen-bond acceptors (Lipinski definition) is 6. The third-order valence-corrected chi connectivity index (χ3v) is 10.5. The molecule has 1 aromatic carbocycles. The van der Waals surface area contributed by atoms with Gasteiger partial charge in [0.05, 0.1) is 18.6 Å². The van der Waals surface area contributed by atoms with E-state index < -0.39 is 10.0 Å². The Morgan fingerprint density at radius 2 is 1.53 bits per heavy atom. The fraction of sp³-hybridized carbons (Fsp3) is 0.741. The van der Waals surface area contributed by atoms with Crippen LogP contribution in [0, 0.1) is 25.7 Å². The molecule has 36 heavy (non-hydrogen) atoms. The van der Waals surface area contributed by atoms with Gasteiger partial charge >= 0.3 is 0 Å². The van der Waals surface area contributed by atoms with Crippen LogP contribution in [0.1, 0.15) is 49.7 Å². The molecule has 202 valence electrons. The van der Waals surface area contributed by atoms with E-state index in [4.69, 9.17) is 9.47 Å². The van der Waals surface area contributed by atoms with E-state index in [2.05, 4.69) is 4.90 Å². The monoisotopic (exact) mass is 521 g/mol. The minimum atomic E-state index is -3.67. The number of rotatable bonds is 10. The summed E-state index contributed by atoms with van der Waals surface area (Å²) < 4.78 is 38.4. The zero-order chi connectivity index (χ0) is 25.9. The molecule has 3 aliphatic rings. The van der Waals surface area contributed by atoms with Gasteiger partial charge in [-0.3, -0.25) is 4.79 Å². The highest BCUT2D eigenvalue weighted by Gasteiger charge is 2.35. The molecule has 1 aliphatic carbocycles. The fourth-order valence-corrected chi connectivity index (χ4v) is 7.53. The molecule has 0 unspecified atom stereocenters. The Kier molecular flexibility index (Phi) is 8.96. The SMILES string of the molecule is COc1cc(C)c(S(=O)(=O)N(C)CCOCC(=O)N2CCC(C3CCN(C4CC4)CC3)CC2)c(C)c1. The van der Waals surface area contributed by atoms with Gasteiger partial charge in [-0.1, -0.05) is 0 Å². The van der Waals surface area contributed by atoms with Gasteiger partial charge in [-0.2, -0.15) is 4.31 Å². The van der Waals surface area contributed by atoms with Gasteiger partial charge < -0.3 is 19.3 Å². The molecule has 0 aromatic heterocycles. The van der Waals surface area contributed by atoms with Gasteiger partial charge in [0.2, 0.25) is 15.9 Å². The minimum absolute atomic E-state index is 0.00107. The normalized spacial score (nSPS) is 20.8. The first-order chi connectivity index (χ1) is 17.2. The van der Waals surface area contributed by atoms with E-state index in [0.29, 0.717) is 21.8 Å². The van der Waals surface area contributed by atoms with Crippen molar-refractivity contribution in [2.45, 2.75) is 63.3 Å². The number of likely N-dealkylation sites (N-methyl/N-ethyl adjacent to an activating group) is 1. The number of sulfonamides is 1. The van der Waals surface area contributed by atoms with Crippen LogP contribution < -0.4 is 4.74 Å². The number of carbonyl (C=O) groups is 1. The number of piperidine rings is 2. The lowest BCUT2D eigenvalue weighted by Crippen LogP contribution is -2.44. The molecule has 2 heterocycles. The van der Waals surface area contributed by atoms with Crippen LogP contribution in [0.15, 0.2) is 17.0 Å². The van der Waals surface area contributed by atoms with Crippen molar-refractivity contribution in [2.24, 2.45) is 11.8 Å². The van der Waals surface area contributed by atoms with Gasteiger partial charge in [-0.25, -0.2) is 8.42 Å². The minimum Gasteiger partial charge on any atom is -0.497 e. The summed E-state index contributed by atoms with van der Waals surface area (Å²) in [6, 6.07) is 4.33. The Hall–Kier alpha value is -1.68. The van der Waals surface area contributed by atoms with E-state index >= 15 is 0 Å². The van der Waals surface area contributed by atoms with Crippen molar-refractivity contribution < 1.29 is 22.7 Å². The van der Waals surface area contributed by atoms with E-state index in [-0.39, 0.29) is 25.7 Å². The molecule has 4 rings (SSSR count). The molecule has 1 saturated carbocycles. The summed E-state index contributed by atoms with van der Waals surface area (Å²) in [6.45, 7) is 8.01. The van der Waals surface area contributed by atoms with E-state index in [9.17, 15) is 13.2 Å². The maximum absolute atomic E-state index is 13.1. The molecule has 1 amide bonds. The second-order valence-corrected chi connectivity index (χ2v) is 12.8. The molecular weight excluding hydrogens is 478 g/mol. The highest BCUT2D eigenvalue weighted by molar-refractivity contribution is 7.89. The van der Waals surface area contributed by atoms with Crippen molar-refractivity contribution in [3.8, 4) is 5.75 Å². The lowest BCUT2D eigenvalue weighted by molar-refractivity contribution is -0.137. The second kappa shape index (κ2) is 11.8. The smallest absolute Gasteiger partial charge is 0.248 e. The summed E-state index contributed by atoms with van der Waals surface area (Å²) in [4.78, 5) is 17.6. The number of nitrogens with zero attached hydrogens (tertiary/aromatic N) is 3. The van der Waals surface area contributed by atoms with Gasteiger partial charge in [0.25, 0.3) is 0 Å². The predicted octanol–water partition coefficient (Wildman–Crippen LogP) is 3.06. The highest BCUT2D eigenvalue weighted by Crippen LogP contribution is 2.36. The van der Waals surface area contributed by atoms with Crippen LogP contribution in [-0.2, 0) is 19.6 Å². The van der Waals surface area contributed by atoms with E-state index in [1.54, 1.807) is 40.1 Å². The summed E-state index contributed by atoms with van der Waals surface area (Å²) in [7, 11) is -0.560. The van der Waals surface area contributed by atoms with Crippen molar-refractivity contribution in [1.82, 2.24) is 14.1 Å². The van der Waals surface area contributed by atoms with Crippen molar-refractivity contribution in [2.75, 3.05) is 60.1 Å². The molecule has 0 spiro atoms. The summed E-state index contributed by atoms with van der Waals surface area (Å²) in [6.07, 6.45) is 7.57. The lowest BCUT2D eigenvalue weighted by atomic mass is 9.79. The Morgan fingerprint density at radius 3 is 2.06 bits per heavy atom. The zero-order valence-electron chi connectivity index (χ0n) is 22.4. The molecule has 0 bridgehead atoms. The first-order valence-corrected chi connectivity index (χ1v) is 14.9. The van der Waals surface area contributed by atoms with Crippen LogP contribution in [0.3, 0.4) is 0 Å². The van der Waals surface area contributed by atoms with Crippen LogP contribution in [0.5, 0.6) is 5.75 Å². The number of aryl methyl sites for hydroxylation is 2. The van der Waals surface area contributed by atoms with E-state index in [1.807, 2.05) is 4.90 Å². The van der Waals surface area contributed by atoms with E-state index in [0.717, 1.165) is 43.8 Å². The van der Waals surface area contributed by atoms with Crippen molar-refractivity contribution in [1.29, 1.82) is 0 Å². The van der Waals surface area contributed by atoms with Crippen LogP contribution in [-0.4, -0.2) is 94.6 Å². The van der Waals surface area contributed by atoms with Gasteiger partial charge in [0.15, 0.2) is 0 Å². The molecule has 2 aliphatic heterocycles. The van der Waals surface area contributed by atoms with Gasteiger partial charge in [-0.05, 0) is 101 Å². The van der Waals surface area contributed by atoms with Gasteiger partial charge in [-0.15, -0.1) is 0 Å². The Morgan fingerprint density at radius 1 is 0.972 bits per heavy atom. The lowest BCUT2D eigenvalue weighted by Gasteiger charge is -2.40. The molecule has 1 aromatic rings. The zero-order valence-corrected chi connectivity index (χ0v) is 23.2. The maximum atomic E-state index is 13.1. The third-order valence-electron chi connectivity index (χ3n) is 8.31.